The van der Waals surface area contributed by atoms with E-state index in [9.17, 15) is 9.90 Å². The summed E-state index contributed by atoms with van der Waals surface area (Å²) in [5, 5.41) is 12.0. The molecule has 1 aliphatic carbocycles. The highest BCUT2D eigenvalue weighted by atomic mass is 16.3. The summed E-state index contributed by atoms with van der Waals surface area (Å²) in [4.78, 5) is 12.7. The maximum absolute atomic E-state index is 10.8. The van der Waals surface area contributed by atoms with E-state index in [1.54, 1.807) is 6.08 Å². The second kappa shape index (κ2) is 3.62. The summed E-state index contributed by atoms with van der Waals surface area (Å²) >= 11 is 0. The fraction of sp³-hybridized carbons (Fsp3) is 0.444. The van der Waals surface area contributed by atoms with E-state index in [1.165, 1.54) is 6.92 Å². The highest BCUT2D eigenvalue weighted by Crippen LogP contribution is 2.18. The number of hydrogen-bond donors (Lipinski definition) is 2. The number of rotatable bonds is 2. The topological polar surface area (TPSA) is 52.6 Å². The van der Waals surface area contributed by atoms with Gasteiger partial charge >= 0.3 is 0 Å². The number of carbonyl (C=O) groups is 1. The lowest BCUT2D eigenvalue weighted by Gasteiger charge is -2.21. The van der Waals surface area contributed by atoms with Crippen LogP contribution in [0.5, 0.6) is 0 Å². The average Bonchev–Trinajstić information content (AvgIpc) is 2.32. The second-order valence-corrected chi connectivity index (χ2v) is 3.25. The van der Waals surface area contributed by atoms with Crippen LogP contribution in [0.1, 0.15) is 6.92 Å². The molecule has 0 saturated carbocycles. The molecule has 4 nitrogen and oxygen atoms in total. The first-order valence-corrected chi connectivity index (χ1v) is 4.07. The number of nitrogens with one attached hydrogen (secondary N) is 1. The third-order valence-electron chi connectivity index (χ3n) is 1.88. The van der Waals surface area contributed by atoms with Gasteiger partial charge in [-0.25, -0.2) is 0 Å². The molecule has 0 radical (unpaired) electrons. The van der Waals surface area contributed by atoms with Crippen molar-refractivity contribution >= 4 is 5.91 Å². The molecule has 0 heterocycles. The maximum Gasteiger partial charge on any atom is 0.221 e. The summed E-state index contributed by atoms with van der Waals surface area (Å²) in [6.07, 6.45) is 3.43. The number of allylic oxidation sites excluding steroid dienone is 1. The minimum atomic E-state index is -0.169. The molecule has 0 aromatic carbocycles. The fourth-order valence-corrected chi connectivity index (χ4v) is 1.28. The van der Waals surface area contributed by atoms with Gasteiger partial charge in [-0.15, -0.1) is 0 Å². The zero-order valence-corrected chi connectivity index (χ0v) is 8.03. The monoisotopic (exact) mass is 182 g/mol. The average molecular weight is 182 g/mol. The minimum Gasteiger partial charge on any atom is -0.506 e. The third-order valence-corrected chi connectivity index (χ3v) is 1.88. The van der Waals surface area contributed by atoms with Crippen LogP contribution in [0.15, 0.2) is 23.6 Å². The van der Waals surface area contributed by atoms with Gasteiger partial charge in [0.25, 0.3) is 0 Å². The van der Waals surface area contributed by atoms with Crippen molar-refractivity contribution in [3.8, 4) is 0 Å². The molecule has 1 unspecified atom stereocenters. The van der Waals surface area contributed by atoms with Gasteiger partial charge in [-0.1, -0.05) is 6.08 Å². The lowest BCUT2D eigenvalue weighted by molar-refractivity contribution is -0.118. The van der Waals surface area contributed by atoms with Crippen LogP contribution in [0.2, 0.25) is 0 Å². The Labute approximate surface area is 77.5 Å². The lowest BCUT2D eigenvalue weighted by atomic mass is 10.2. The zero-order valence-electron chi connectivity index (χ0n) is 8.03. The third kappa shape index (κ3) is 2.09. The van der Waals surface area contributed by atoms with Gasteiger partial charge < -0.3 is 10.4 Å². The predicted octanol–water partition coefficient (Wildman–Crippen LogP) is 0.392. The Hall–Kier alpha value is -1.29. The molecular formula is C9H14N2O2. The van der Waals surface area contributed by atoms with Crippen LogP contribution in [0.25, 0.3) is 0 Å². The van der Waals surface area contributed by atoms with Gasteiger partial charge in [0.05, 0.1) is 11.7 Å². The number of carbonyl (C=O) groups excluding carboxylic acids is 1. The molecule has 13 heavy (non-hydrogen) atoms. The maximum atomic E-state index is 10.8. The largest absolute Gasteiger partial charge is 0.506 e. The number of nitrogens with zero attached hydrogens (tertiary/aromatic N) is 1. The zero-order chi connectivity index (χ0) is 10.0. The Balaban J connectivity index is 2.80. The van der Waals surface area contributed by atoms with Gasteiger partial charge in [0.15, 0.2) is 0 Å². The summed E-state index contributed by atoms with van der Waals surface area (Å²) in [5.74, 6) is -0.0361. The highest BCUT2D eigenvalue weighted by Gasteiger charge is 2.22. The van der Waals surface area contributed by atoms with Crippen molar-refractivity contribution in [2.24, 2.45) is 0 Å². The fourth-order valence-electron chi connectivity index (χ4n) is 1.28. The van der Waals surface area contributed by atoms with E-state index in [0.717, 1.165) is 0 Å². The summed E-state index contributed by atoms with van der Waals surface area (Å²) in [5.41, 5.74) is 0.553. The van der Waals surface area contributed by atoms with Crippen LogP contribution < -0.4 is 5.32 Å². The molecule has 2 N–H and O–H groups in total. The van der Waals surface area contributed by atoms with Crippen LogP contribution in [-0.4, -0.2) is 36.1 Å². The molecule has 0 saturated heterocycles. The van der Waals surface area contributed by atoms with Gasteiger partial charge in [0.1, 0.15) is 5.76 Å². The summed E-state index contributed by atoms with van der Waals surface area (Å²) in [6, 6.07) is -0.0381. The van der Waals surface area contributed by atoms with Crippen molar-refractivity contribution < 1.29 is 9.90 Å². The van der Waals surface area contributed by atoms with Crippen LogP contribution in [0.4, 0.5) is 0 Å². The van der Waals surface area contributed by atoms with Crippen LogP contribution >= 0.6 is 0 Å². The van der Waals surface area contributed by atoms with Gasteiger partial charge in [0.2, 0.25) is 5.91 Å². The first-order valence-electron chi connectivity index (χ1n) is 4.07. The van der Waals surface area contributed by atoms with Crippen molar-refractivity contribution in [3.05, 3.63) is 23.6 Å². The number of aliphatic hydroxyl groups excluding tert-OH is 1. The molecule has 0 aromatic heterocycles. The van der Waals surface area contributed by atoms with Gasteiger partial charge in [-0.2, -0.15) is 0 Å². The molecule has 4 heteroatoms. The van der Waals surface area contributed by atoms with Gasteiger partial charge in [-0.05, 0) is 20.2 Å². The molecule has 0 aliphatic heterocycles. The SMILES string of the molecule is CC(=O)NC1=C(O)C=CC1N(C)C. The summed E-state index contributed by atoms with van der Waals surface area (Å²) in [6.45, 7) is 1.42. The number of aliphatic hydroxyl groups is 1. The molecule has 1 aliphatic rings. The first kappa shape index (κ1) is 9.80. The normalized spacial score (nSPS) is 21.4. The van der Waals surface area contributed by atoms with E-state index in [4.69, 9.17) is 0 Å². The van der Waals surface area contributed by atoms with E-state index < -0.39 is 0 Å². The Morgan fingerprint density at radius 3 is 2.69 bits per heavy atom. The summed E-state index contributed by atoms with van der Waals surface area (Å²) < 4.78 is 0. The molecule has 0 spiro atoms. The van der Waals surface area contributed by atoms with Crippen LogP contribution in [0.3, 0.4) is 0 Å². The van der Waals surface area contributed by atoms with Crippen molar-refractivity contribution in [1.82, 2.24) is 10.2 Å². The highest BCUT2D eigenvalue weighted by molar-refractivity contribution is 5.75. The quantitative estimate of drug-likeness (QED) is 0.649. The standard InChI is InChI=1S/C9H14N2O2/c1-6(12)10-9-7(11(2)3)4-5-8(9)13/h4-5,7,13H,1-3H3,(H,10,12). The van der Waals surface area contributed by atoms with Crippen molar-refractivity contribution in [1.29, 1.82) is 0 Å². The van der Waals surface area contributed by atoms with E-state index >= 15 is 0 Å². The Morgan fingerprint density at radius 2 is 2.23 bits per heavy atom. The van der Waals surface area contributed by atoms with E-state index in [2.05, 4.69) is 5.32 Å². The molecule has 1 rings (SSSR count). The Bertz CT molecular complexity index is 279. The summed E-state index contributed by atoms with van der Waals surface area (Å²) in [7, 11) is 3.77. The van der Waals surface area contributed by atoms with Crippen molar-refractivity contribution in [2.75, 3.05) is 14.1 Å². The molecule has 1 atom stereocenters. The van der Waals surface area contributed by atoms with E-state index in [-0.39, 0.29) is 17.7 Å². The molecule has 0 bridgehead atoms. The van der Waals surface area contributed by atoms with Crippen LogP contribution in [-0.2, 0) is 4.79 Å². The van der Waals surface area contributed by atoms with Gasteiger partial charge in [-0.3, -0.25) is 9.69 Å². The van der Waals surface area contributed by atoms with Gasteiger partial charge in [0, 0.05) is 6.92 Å². The Morgan fingerprint density at radius 1 is 1.62 bits per heavy atom. The first-order chi connectivity index (χ1) is 6.02. The Kier molecular flexibility index (Phi) is 2.72. The minimum absolute atomic E-state index is 0.0381. The molecule has 0 fully saturated rings. The molecule has 1 amide bonds. The van der Waals surface area contributed by atoms with Crippen LogP contribution in [0, 0.1) is 0 Å². The smallest absolute Gasteiger partial charge is 0.221 e. The second-order valence-electron chi connectivity index (χ2n) is 3.25. The number of amides is 1. The lowest BCUT2D eigenvalue weighted by Crippen LogP contribution is -2.35. The number of likely N-dealkylation sites (N-methyl/N-ethyl adjacent to an activating group) is 1. The molecule has 72 valence electrons. The van der Waals surface area contributed by atoms with E-state index in [1.807, 2.05) is 25.1 Å². The van der Waals surface area contributed by atoms with E-state index in [0.29, 0.717) is 5.70 Å². The molecule has 0 aromatic rings. The predicted molar refractivity (Wildman–Crippen MR) is 50.1 cm³/mol. The molecular weight excluding hydrogens is 168 g/mol. The van der Waals surface area contributed by atoms with Crippen molar-refractivity contribution in [2.45, 2.75) is 13.0 Å². The van der Waals surface area contributed by atoms with Crippen molar-refractivity contribution in [3.63, 3.8) is 0 Å². The number of hydrogen-bond acceptors (Lipinski definition) is 3.